The molecule has 0 amide bonds. The lowest BCUT2D eigenvalue weighted by Crippen LogP contribution is -2.27. The van der Waals surface area contributed by atoms with E-state index in [1.54, 1.807) is 12.1 Å². The molecule has 1 N–H and O–H groups in total. The summed E-state index contributed by atoms with van der Waals surface area (Å²) in [6, 6.07) is 3.48. The molecule has 17 heavy (non-hydrogen) atoms. The fraction of sp³-hybridized carbons (Fsp3) is 0.333. The van der Waals surface area contributed by atoms with E-state index in [2.05, 4.69) is 15.9 Å². The SMILES string of the molecule is COc1ccc(Br)c2c1C(=O)CC(C(=O)O)C2. The third-order valence-electron chi connectivity index (χ3n) is 2.95. The van der Waals surface area contributed by atoms with E-state index in [4.69, 9.17) is 9.84 Å². The molecule has 1 aliphatic rings. The number of carbonyl (C=O) groups is 2. The molecule has 1 aromatic rings. The van der Waals surface area contributed by atoms with Gasteiger partial charge in [-0.3, -0.25) is 9.59 Å². The smallest absolute Gasteiger partial charge is 0.307 e. The normalized spacial score (nSPS) is 18.7. The molecule has 0 saturated heterocycles. The van der Waals surface area contributed by atoms with Crippen molar-refractivity contribution in [2.24, 2.45) is 5.92 Å². The Morgan fingerprint density at radius 3 is 2.76 bits per heavy atom. The van der Waals surface area contributed by atoms with Gasteiger partial charge in [0.1, 0.15) is 5.75 Å². The molecule has 0 fully saturated rings. The van der Waals surface area contributed by atoms with Crippen molar-refractivity contribution < 1.29 is 19.4 Å². The first-order valence-corrected chi connectivity index (χ1v) is 5.95. The minimum Gasteiger partial charge on any atom is -0.496 e. The van der Waals surface area contributed by atoms with Gasteiger partial charge in [-0.1, -0.05) is 15.9 Å². The molecule has 0 saturated carbocycles. The van der Waals surface area contributed by atoms with Gasteiger partial charge in [0.2, 0.25) is 0 Å². The van der Waals surface area contributed by atoms with Crippen LogP contribution in [0.15, 0.2) is 16.6 Å². The van der Waals surface area contributed by atoms with Gasteiger partial charge in [-0.05, 0) is 24.1 Å². The number of hydrogen-bond acceptors (Lipinski definition) is 3. The van der Waals surface area contributed by atoms with Crippen LogP contribution in [-0.4, -0.2) is 24.0 Å². The molecule has 0 aliphatic heterocycles. The van der Waals surface area contributed by atoms with Gasteiger partial charge < -0.3 is 9.84 Å². The number of carbonyl (C=O) groups excluding carboxylic acids is 1. The Morgan fingerprint density at radius 1 is 1.47 bits per heavy atom. The summed E-state index contributed by atoms with van der Waals surface area (Å²) in [5.74, 6) is -1.23. The molecule has 0 bridgehead atoms. The van der Waals surface area contributed by atoms with Crippen LogP contribution in [0, 0.1) is 5.92 Å². The summed E-state index contributed by atoms with van der Waals surface area (Å²) in [7, 11) is 1.50. The molecular formula is C12H11BrO4. The number of aliphatic carboxylic acids is 1. The lowest BCUT2D eigenvalue weighted by atomic mass is 9.82. The zero-order chi connectivity index (χ0) is 12.6. The van der Waals surface area contributed by atoms with Crippen molar-refractivity contribution in [3.63, 3.8) is 0 Å². The highest BCUT2D eigenvalue weighted by molar-refractivity contribution is 9.10. The first kappa shape index (κ1) is 12.1. The van der Waals surface area contributed by atoms with Gasteiger partial charge in [0, 0.05) is 10.9 Å². The van der Waals surface area contributed by atoms with Crippen molar-refractivity contribution in [1.29, 1.82) is 0 Å². The minimum atomic E-state index is -0.932. The van der Waals surface area contributed by atoms with Crippen LogP contribution in [0.5, 0.6) is 5.75 Å². The highest BCUT2D eigenvalue weighted by atomic mass is 79.9. The average Bonchev–Trinajstić information content (AvgIpc) is 2.30. The number of rotatable bonds is 2. The Balaban J connectivity index is 2.54. The molecule has 0 aromatic heterocycles. The summed E-state index contributed by atoms with van der Waals surface area (Å²) in [6.45, 7) is 0. The van der Waals surface area contributed by atoms with Crippen LogP contribution in [0.2, 0.25) is 0 Å². The van der Waals surface area contributed by atoms with Crippen LogP contribution in [0.3, 0.4) is 0 Å². The van der Waals surface area contributed by atoms with E-state index >= 15 is 0 Å². The van der Waals surface area contributed by atoms with Crippen molar-refractivity contribution in [2.75, 3.05) is 7.11 Å². The fourth-order valence-corrected chi connectivity index (χ4v) is 2.59. The Kier molecular flexibility index (Phi) is 3.19. The summed E-state index contributed by atoms with van der Waals surface area (Å²) >= 11 is 3.35. The third kappa shape index (κ3) is 2.07. The second kappa shape index (κ2) is 4.49. The molecule has 1 aromatic carbocycles. The zero-order valence-corrected chi connectivity index (χ0v) is 10.8. The first-order chi connectivity index (χ1) is 8.04. The maximum atomic E-state index is 12.0. The molecular weight excluding hydrogens is 288 g/mol. The van der Waals surface area contributed by atoms with Gasteiger partial charge in [0.05, 0.1) is 18.6 Å². The van der Waals surface area contributed by atoms with E-state index in [-0.39, 0.29) is 12.2 Å². The average molecular weight is 299 g/mol. The number of benzene rings is 1. The minimum absolute atomic E-state index is 0.0369. The van der Waals surface area contributed by atoms with Crippen LogP contribution >= 0.6 is 15.9 Å². The summed E-state index contributed by atoms with van der Waals surface area (Å²) in [6.07, 6.45) is 0.392. The van der Waals surface area contributed by atoms with Crippen molar-refractivity contribution in [1.82, 2.24) is 0 Å². The van der Waals surface area contributed by atoms with E-state index in [1.807, 2.05) is 0 Å². The number of halogens is 1. The number of ether oxygens (including phenoxy) is 1. The Hall–Kier alpha value is -1.36. The van der Waals surface area contributed by atoms with Gasteiger partial charge in [-0.2, -0.15) is 0 Å². The van der Waals surface area contributed by atoms with E-state index in [0.717, 1.165) is 10.0 Å². The number of hydrogen-bond donors (Lipinski definition) is 1. The number of methoxy groups -OCH3 is 1. The maximum absolute atomic E-state index is 12.0. The van der Waals surface area contributed by atoms with Crippen LogP contribution in [0.4, 0.5) is 0 Å². The summed E-state index contributed by atoms with van der Waals surface area (Å²) in [5, 5.41) is 9.00. The van der Waals surface area contributed by atoms with Crippen LogP contribution in [0.25, 0.3) is 0 Å². The van der Waals surface area contributed by atoms with Crippen molar-refractivity contribution in [3.8, 4) is 5.75 Å². The predicted octanol–water partition coefficient (Wildman–Crippen LogP) is 2.29. The van der Waals surface area contributed by atoms with Gasteiger partial charge in [0.15, 0.2) is 5.78 Å². The zero-order valence-electron chi connectivity index (χ0n) is 9.20. The van der Waals surface area contributed by atoms with E-state index < -0.39 is 11.9 Å². The Bertz CT molecular complexity index is 496. The molecule has 0 heterocycles. The summed E-state index contributed by atoms with van der Waals surface area (Å²) in [5.41, 5.74) is 1.24. The summed E-state index contributed by atoms with van der Waals surface area (Å²) in [4.78, 5) is 22.9. The number of ketones is 1. The van der Waals surface area contributed by atoms with Gasteiger partial charge >= 0.3 is 5.97 Å². The quantitative estimate of drug-likeness (QED) is 0.910. The first-order valence-electron chi connectivity index (χ1n) is 5.16. The third-order valence-corrected chi connectivity index (χ3v) is 3.69. The highest BCUT2D eigenvalue weighted by Gasteiger charge is 2.33. The highest BCUT2D eigenvalue weighted by Crippen LogP contribution is 2.36. The van der Waals surface area contributed by atoms with Crippen molar-refractivity contribution >= 4 is 27.7 Å². The predicted molar refractivity (Wildman–Crippen MR) is 64.5 cm³/mol. The largest absolute Gasteiger partial charge is 0.496 e. The molecule has 1 aliphatic carbocycles. The maximum Gasteiger partial charge on any atom is 0.307 e. The number of carboxylic acid groups (broad SMARTS) is 1. The number of Topliss-reactive ketones (excluding diaryl/α,β-unsaturated/α-hetero) is 1. The molecule has 0 radical (unpaired) electrons. The van der Waals surface area contributed by atoms with Gasteiger partial charge in [0.25, 0.3) is 0 Å². The lowest BCUT2D eigenvalue weighted by Gasteiger charge is -2.23. The van der Waals surface area contributed by atoms with E-state index in [9.17, 15) is 9.59 Å². The molecule has 0 spiro atoms. The van der Waals surface area contributed by atoms with Crippen molar-refractivity contribution in [2.45, 2.75) is 12.8 Å². The van der Waals surface area contributed by atoms with Crippen LogP contribution in [0.1, 0.15) is 22.3 Å². The van der Waals surface area contributed by atoms with E-state index in [0.29, 0.717) is 17.7 Å². The molecule has 1 unspecified atom stereocenters. The number of carboxylic acids is 1. The molecule has 2 rings (SSSR count). The molecule has 4 nitrogen and oxygen atoms in total. The molecule has 90 valence electrons. The monoisotopic (exact) mass is 298 g/mol. The second-order valence-corrected chi connectivity index (χ2v) is 4.82. The standard InChI is InChI=1S/C12H11BrO4/c1-17-10-3-2-8(13)7-4-6(12(15)16)5-9(14)11(7)10/h2-3,6H,4-5H2,1H3,(H,15,16). The Labute approximate surface area is 107 Å². The second-order valence-electron chi connectivity index (χ2n) is 3.97. The van der Waals surface area contributed by atoms with Crippen LogP contribution < -0.4 is 4.74 Å². The Morgan fingerprint density at radius 2 is 2.18 bits per heavy atom. The van der Waals surface area contributed by atoms with Gasteiger partial charge in [-0.25, -0.2) is 0 Å². The number of fused-ring (bicyclic) bond motifs is 1. The summed E-state index contributed by atoms with van der Waals surface area (Å²) < 4.78 is 5.90. The lowest BCUT2D eigenvalue weighted by molar-refractivity contribution is -0.141. The fourth-order valence-electron chi connectivity index (χ4n) is 2.10. The van der Waals surface area contributed by atoms with E-state index in [1.165, 1.54) is 7.11 Å². The topological polar surface area (TPSA) is 63.6 Å². The van der Waals surface area contributed by atoms with Gasteiger partial charge in [-0.15, -0.1) is 0 Å². The molecule has 5 heteroatoms. The van der Waals surface area contributed by atoms with Crippen molar-refractivity contribution in [3.05, 3.63) is 27.7 Å². The molecule has 1 atom stereocenters. The van der Waals surface area contributed by atoms with Crippen LogP contribution in [-0.2, 0) is 11.2 Å².